The van der Waals surface area contributed by atoms with Crippen molar-refractivity contribution in [2.24, 2.45) is 0 Å². The van der Waals surface area contributed by atoms with Crippen molar-refractivity contribution in [3.8, 4) is 0 Å². The summed E-state index contributed by atoms with van der Waals surface area (Å²) in [7, 11) is 1.64. The number of hydrogen-bond donors (Lipinski definition) is 2. The highest BCUT2D eigenvalue weighted by Gasteiger charge is 2.04. The molecule has 1 amide bonds. The van der Waals surface area contributed by atoms with E-state index in [1.807, 2.05) is 0 Å². The fourth-order valence-corrected chi connectivity index (χ4v) is 1.43. The van der Waals surface area contributed by atoms with Crippen molar-refractivity contribution in [3.63, 3.8) is 0 Å². The molecular formula is C12H15N5O2. The second-order valence-corrected chi connectivity index (χ2v) is 3.81. The van der Waals surface area contributed by atoms with Crippen LogP contribution in [0.15, 0.2) is 36.9 Å². The predicted molar refractivity (Wildman–Crippen MR) is 69.4 cm³/mol. The van der Waals surface area contributed by atoms with Crippen molar-refractivity contribution < 1.29 is 9.53 Å². The van der Waals surface area contributed by atoms with E-state index < -0.39 is 0 Å². The number of hydrogen-bond acceptors (Lipinski definition) is 5. The molecule has 0 radical (unpaired) electrons. The molecule has 0 unspecified atom stereocenters. The minimum Gasteiger partial charge on any atom is -0.383 e. The van der Waals surface area contributed by atoms with Gasteiger partial charge in [0.05, 0.1) is 30.6 Å². The molecule has 0 aliphatic heterocycles. The normalized spacial score (nSPS) is 10.2. The van der Waals surface area contributed by atoms with Gasteiger partial charge < -0.3 is 4.74 Å². The van der Waals surface area contributed by atoms with Crippen LogP contribution in [0.25, 0.3) is 0 Å². The lowest BCUT2D eigenvalue weighted by Gasteiger charge is -2.05. The Morgan fingerprint density at radius 1 is 1.47 bits per heavy atom. The van der Waals surface area contributed by atoms with E-state index in [9.17, 15) is 4.79 Å². The number of hydrazine groups is 1. The van der Waals surface area contributed by atoms with E-state index in [1.54, 1.807) is 42.5 Å². The average Bonchev–Trinajstić information content (AvgIpc) is 2.91. The summed E-state index contributed by atoms with van der Waals surface area (Å²) in [6.07, 6.45) is 6.52. The van der Waals surface area contributed by atoms with Crippen LogP contribution in [0.2, 0.25) is 0 Å². The molecule has 2 N–H and O–H groups in total. The number of nitrogens with one attached hydrogen (secondary N) is 2. The van der Waals surface area contributed by atoms with Crippen molar-refractivity contribution in [1.82, 2.24) is 20.2 Å². The maximum absolute atomic E-state index is 11.7. The fraction of sp³-hybridized carbons (Fsp3) is 0.250. The molecule has 19 heavy (non-hydrogen) atoms. The van der Waals surface area contributed by atoms with Crippen LogP contribution in [0.3, 0.4) is 0 Å². The van der Waals surface area contributed by atoms with Gasteiger partial charge in [-0.15, -0.1) is 0 Å². The molecule has 7 nitrogen and oxygen atoms in total. The van der Waals surface area contributed by atoms with Crippen LogP contribution in [-0.2, 0) is 11.3 Å². The summed E-state index contributed by atoms with van der Waals surface area (Å²) in [5.41, 5.74) is 6.55. The predicted octanol–water partition coefficient (Wildman–Crippen LogP) is 0.681. The van der Waals surface area contributed by atoms with Gasteiger partial charge in [0.15, 0.2) is 0 Å². The summed E-state index contributed by atoms with van der Waals surface area (Å²) < 4.78 is 6.68. The first-order valence-electron chi connectivity index (χ1n) is 5.77. The van der Waals surface area contributed by atoms with Crippen LogP contribution in [-0.4, -0.2) is 34.4 Å². The Balaban J connectivity index is 1.85. The summed E-state index contributed by atoms with van der Waals surface area (Å²) in [4.78, 5) is 15.6. The lowest BCUT2D eigenvalue weighted by molar-refractivity contribution is 0.0962. The van der Waals surface area contributed by atoms with E-state index in [-0.39, 0.29) is 5.91 Å². The SMILES string of the molecule is COCCn1cc(NNC(=O)c2cccnc2)cn1. The Bertz CT molecular complexity index is 526. The third-order valence-corrected chi connectivity index (χ3v) is 2.40. The van der Waals surface area contributed by atoms with E-state index in [1.165, 1.54) is 6.20 Å². The number of methoxy groups -OCH3 is 1. The number of carbonyl (C=O) groups is 1. The van der Waals surface area contributed by atoms with E-state index >= 15 is 0 Å². The first-order valence-corrected chi connectivity index (χ1v) is 5.77. The molecule has 0 aliphatic carbocycles. The van der Waals surface area contributed by atoms with Crippen molar-refractivity contribution in [2.75, 3.05) is 19.1 Å². The first kappa shape index (κ1) is 13.0. The number of pyridine rings is 1. The molecule has 2 heterocycles. The Morgan fingerprint density at radius 3 is 3.11 bits per heavy atom. The summed E-state index contributed by atoms with van der Waals surface area (Å²) in [5.74, 6) is -0.252. The van der Waals surface area contributed by atoms with Crippen LogP contribution < -0.4 is 10.9 Å². The second-order valence-electron chi connectivity index (χ2n) is 3.81. The molecule has 0 fully saturated rings. The average molecular weight is 261 g/mol. The van der Waals surface area contributed by atoms with Gasteiger partial charge in [-0.25, -0.2) is 0 Å². The fourth-order valence-electron chi connectivity index (χ4n) is 1.43. The van der Waals surface area contributed by atoms with Crippen molar-refractivity contribution >= 4 is 11.6 Å². The molecule has 0 aromatic carbocycles. The van der Waals surface area contributed by atoms with Gasteiger partial charge >= 0.3 is 0 Å². The van der Waals surface area contributed by atoms with Gasteiger partial charge in [0.2, 0.25) is 0 Å². The van der Waals surface area contributed by atoms with Crippen LogP contribution in [0, 0.1) is 0 Å². The molecule has 7 heteroatoms. The second kappa shape index (κ2) is 6.50. The molecule has 2 aromatic heterocycles. The Morgan fingerprint density at radius 2 is 2.37 bits per heavy atom. The van der Waals surface area contributed by atoms with E-state index in [4.69, 9.17) is 4.74 Å². The van der Waals surface area contributed by atoms with Crippen LogP contribution >= 0.6 is 0 Å². The summed E-state index contributed by atoms with van der Waals surface area (Å²) in [6, 6.07) is 3.39. The highest BCUT2D eigenvalue weighted by molar-refractivity contribution is 5.94. The van der Waals surface area contributed by atoms with Gasteiger partial charge in [-0.3, -0.25) is 25.3 Å². The highest BCUT2D eigenvalue weighted by Crippen LogP contribution is 2.03. The van der Waals surface area contributed by atoms with Crippen LogP contribution in [0.5, 0.6) is 0 Å². The summed E-state index contributed by atoms with van der Waals surface area (Å²) in [5, 5.41) is 4.11. The van der Waals surface area contributed by atoms with Gasteiger partial charge in [-0.1, -0.05) is 0 Å². The van der Waals surface area contributed by atoms with E-state index in [0.717, 1.165) is 0 Å². The molecular weight excluding hydrogens is 246 g/mol. The van der Waals surface area contributed by atoms with Gasteiger partial charge in [0.25, 0.3) is 5.91 Å². The minimum atomic E-state index is -0.252. The molecule has 0 atom stereocenters. The highest BCUT2D eigenvalue weighted by atomic mass is 16.5. The zero-order chi connectivity index (χ0) is 13.5. The summed E-state index contributed by atoms with van der Waals surface area (Å²) in [6.45, 7) is 1.25. The van der Waals surface area contributed by atoms with Crippen molar-refractivity contribution in [2.45, 2.75) is 6.54 Å². The van der Waals surface area contributed by atoms with Crippen molar-refractivity contribution in [1.29, 1.82) is 0 Å². The third kappa shape index (κ3) is 3.78. The Hall–Kier alpha value is -2.41. The van der Waals surface area contributed by atoms with E-state index in [0.29, 0.717) is 24.4 Å². The van der Waals surface area contributed by atoms with Crippen LogP contribution in [0.4, 0.5) is 5.69 Å². The number of carbonyl (C=O) groups excluding carboxylic acids is 1. The number of aromatic nitrogens is 3. The number of nitrogens with zero attached hydrogens (tertiary/aromatic N) is 3. The Labute approximate surface area is 110 Å². The molecule has 2 aromatic rings. The molecule has 2 rings (SSSR count). The van der Waals surface area contributed by atoms with Gasteiger partial charge in [0, 0.05) is 25.7 Å². The smallest absolute Gasteiger partial charge is 0.271 e. The molecule has 0 bridgehead atoms. The summed E-state index contributed by atoms with van der Waals surface area (Å²) >= 11 is 0. The zero-order valence-corrected chi connectivity index (χ0v) is 10.5. The van der Waals surface area contributed by atoms with Crippen molar-refractivity contribution in [3.05, 3.63) is 42.5 Å². The number of amides is 1. The molecule has 100 valence electrons. The molecule has 0 spiro atoms. The molecule has 0 aliphatic rings. The molecule has 0 saturated carbocycles. The van der Waals surface area contributed by atoms with E-state index in [2.05, 4.69) is 20.9 Å². The minimum absolute atomic E-state index is 0.252. The largest absolute Gasteiger partial charge is 0.383 e. The van der Waals surface area contributed by atoms with Gasteiger partial charge in [-0.05, 0) is 12.1 Å². The zero-order valence-electron chi connectivity index (χ0n) is 10.5. The van der Waals surface area contributed by atoms with Gasteiger partial charge in [-0.2, -0.15) is 5.10 Å². The standard InChI is InChI=1S/C12H15N5O2/c1-19-6-5-17-9-11(8-14-17)15-16-12(18)10-3-2-4-13-7-10/h2-4,7-9,15H,5-6H2,1H3,(H,16,18). The number of ether oxygens (including phenoxy) is 1. The first-order chi connectivity index (χ1) is 9.29. The maximum atomic E-state index is 11.7. The maximum Gasteiger partial charge on any atom is 0.271 e. The third-order valence-electron chi connectivity index (χ3n) is 2.40. The molecule has 0 saturated heterocycles. The Kier molecular flexibility index (Phi) is 4.46. The number of anilines is 1. The lowest BCUT2D eigenvalue weighted by Crippen LogP contribution is -2.29. The monoisotopic (exact) mass is 261 g/mol. The van der Waals surface area contributed by atoms with Crippen LogP contribution in [0.1, 0.15) is 10.4 Å². The lowest BCUT2D eigenvalue weighted by atomic mass is 10.3. The topological polar surface area (TPSA) is 81.1 Å². The quantitative estimate of drug-likeness (QED) is 0.747. The van der Waals surface area contributed by atoms with Gasteiger partial charge in [0.1, 0.15) is 0 Å². The number of rotatable bonds is 6.